The molecule has 2 unspecified atom stereocenters. The molecule has 0 aliphatic carbocycles. The lowest BCUT2D eigenvalue weighted by molar-refractivity contribution is 0.194. The van der Waals surface area contributed by atoms with Crippen molar-refractivity contribution >= 4 is 0 Å². The van der Waals surface area contributed by atoms with Crippen molar-refractivity contribution in [2.24, 2.45) is 5.73 Å². The SMILES string of the molecule is COc1ccc(C2CCOC2)cc1C(C)CCN. The van der Waals surface area contributed by atoms with E-state index in [4.69, 9.17) is 15.2 Å². The number of hydrogen-bond donors (Lipinski definition) is 1. The Hall–Kier alpha value is -1.06. The van der Waals surface area contributed by atoms with Crippen LogP contribution in [0.1, 0.15) is 42.7 Å². The van der Waals surface area contributed by atoms with E-state index < -0.39 is 0 Å². The molecule has 100 valence electrons. The first-order valence-electron chi connectivity index (χ1n) is 6.72. The maximum atomic E-state index is 5.66. The van der Waals surface area contributed by atoms with E-state index >= 15 is 0 Å². The summed E-state index contributed by atoms with van der Waals surface area (Å²) >= 11 is 0. The molecule has 0 aromatic heterocycles. The minimum atomic E-state index is 0.437. The molecular weight excluding hydrogens is 226 g/mol. The van der Waals surface area contributed by atoms with E-state index in [0.29, 0.717) is 18.4 Å². The monoisotopic (exact) mass is 249 g/mol. The van der Waals surface area contributed by atoms with Gasteiger partial charge in [0.15, 0.2) is 0 Å². The van der Waals surface area contributed by atoms with Gasteiger partial charge in [-0.15, -0.1) is 0 Å². The van der Waals surface area contributed by atoms with E-state index in [0.717, 1.165) is 31.8 Å². The Morgan fingerprint density at radius 1 is 1.50 bits per heavy atom. The molecule has 18 heavy (non-hydrogen) atoms. The highest BCUT2D eigenvalue weighted by molar-refractivity contribution is 5.41. The molecule has 0 radical (unpaired) electrons. The summed E-state index contributed by atoms with van der Waals surface area (Å²) in [5, 5.41) is 0. The van der Waals surface area contributed by atoms with Gasteiger partial charge in [-0.1, -0.05) is 19.1 Å². The molecule has 1 saturated heterocycles. The zero-order valence-electron chi connectivity index (χ0n) is 11.3. The summed E-state index contributed by atoms with van der Waals surface area (Å²) in [6, 6.07) is 6.52. The first-order chi connectivity index (χ1) is 8.76. The van der Waals surface area contributed by atoms with Crippen LogP contribution in [0.3, 0.4) is 0 Å². The summed E-state index contributed by atoms with van der Waals surface area (Å²) < 4.78 is 10.9. The lowest BCUT2D eigenvalue weighted by atomic mass is 9.90. The van der Waals surface area contributed by atoms with Crippen LogP contribution in [0.15, 0.2) is 18.2 Å². The van der Waals surface area contributed by atoms with Crippen molar-refractivity contribution in [2.75, 3.05) is 26.9 Å². The molecule has 2 N–H and O–H groups in total. The van der Waals surface area contributed by atoms with Crippen LogP contribution >= 0.6 is 0 Å². The molecule has 0 spiro atoms. The molecule has 1 aliphatic heterocycles. The topological polar surface area (TPSA) is 44.5 Å². The van der Waals surface area contributed by atoms with Crippen molar-refractivity contribution in [2.45, 2.75) is 31.6 Å². The van der Waals surface area contributed by atoms with Crippen LogP contribution in [0.2, 0.25) is 0 Å². The third-order valence-corrected chi connectivity index (χ3v) is 3.79. The van der Waals surface area contributed by atoms with Gasteiger partial charge in [0.05, 0.1) is 13.7 Å². The fraction of sp³-hybridized carbons (Fsp3) is 0.600. The molecule has 0 bridgehead atoms. The van der Waals surface area contributed by atoms with Crippen LogP contribution in [-0.4, -0.2) is 26.9 Å². The third kappa shape index (κ3) is 2.85. The van der Waals surface area contributed by atoms with Gasteiger partial charge in [-0.3, -0.25) is 0 Å². The highest BCUT2D eigenvalue weighted by Crippen LogP contribution is 2.33. The first-order valence-corrected chi connectivity index (χ1v) is 6.72. The Morgan fingerprint density at radius 3 is 2.94 bits per heavy atom. The fourth-order valence-corrected chi connectivity index (χ4v) is 2.59. The van der Waals surface area contributed by atoms with E-state index in [9.17, 15) is 0 Å². The van der Waals surface area contributed by atoms with Gasteiger partial charge in [0.1, 0.15) is 5.75 Å². The van der Waals surface area contributed by atoms with Gasteiger partial charge < -0.3 is 15.2 Å². The lowest BCUT2D eigenvalue weighted by Crippen LogP contribution is -2.07. The predicted molar refractivity (Wildman–Crippen MR) is 73.3 cm³/mol. The molecule has 1 heterocycles. The van der Waals surface area contributed by atoms with E-state index in [-0.39, 0.29) is 0 Å². The molecule has 3 nitrogen and oxygen atoms in total. The molecule has 1 aliphatic rings. The number of rotatable bonds is 5. The number of hydrogen-bond acceptors (Lipinski definition) is 3. The number of ether oxygens (including phenoxy) is 2. The lowest BCUT2D eigenvalue weighted by Gasteiger charge is -2.18. The number of benzene rings is 1. The molecule has 1 fully saturated rings. The predicted octanol–water partition coefficient (Wildman–Crippen LogP) is 2.65. The molecule has 0 amide bonds. The maximum Gasteiger partial charge on any atom is 0.122 e. The smallest absolute Gasteiger partial charge is 0.122 e. The molecule has 2 rings (SSSR count). The summed E-state index contributed by atoms with van der Waals surface area (Å²) in [6.07, 6.45) is 2.11. The molecular formula is C15H23NO2. The Kier molecular flexibility index (Phi) is 4.61. The van der Waals surface area contributed by atoms with Gasteiger partial charge in [0, 0.05) is 12.5 Å². The van der Waals surface area contributed by atoms with Crippen molar-refractivity contribution in [3.05, 3.63) is 29.3 Å². The van der Waals surface area contributed by atoms with E-state index in [1.807, 2.05) is 0 Å². The second kappa shape index (κ2) is 6.21. The van der Waals surface area contributed by atoms with Crippen LogP contribution in [-0.2, 0) is 4.74 Å². The van der Waals surface area contributed by atoms with Crippen LogP contribution in [0, 0.1) is 0 Å². The van der Waals surface area contributed by atoms with Gasteiger partial charge in [-0.05, 0) is 42.5 Å². The Morgan fingerprint density at radius 2 is 2.33 bits per heavy atom. The van der Waals surface area contributed by atoms with Gasteiger partial charge in [-0.25, -0.2) is 0 Å². The van der Waals surface area contributed by atoms with Crippen molar-refractivity contribution in [1.82, 2.24) is 0 Å². The minimum absolute atomic E-state index is 0.437. The van der Waals surface area contributed by atoms with Gasteiger partial charge in [0.2, 0.25) is 0 Å². The molecule has 0 saturated carbocycles. The summed E-state index contributed by atoms with van der Waals surface area (Å²) in [5.74, 6) is 1.95. The summed E-state index contributed by atoms with van der Waals surface area (Å²) in [4.78, 5) is 0. The van der Waals surface area contributed by atoms with Crippen molar-refractivity contribution in [1.29, 1.82) is 0 Å². The largest absolute Gasteiger partial charge is 0.496 e. The molecule has 1 aromatic carbocycles. The normalized spacial score (nSPS) is 20.9. The van der Waals surface area contributed by atoms with Gasteiger partial charge in [-0.2, -0.15) is 0 Å². The van der Waals surface area contributed by atoms with Crippen molar-refractivity contribution < 1.29 is 9.47 Å². The Balaban J connectivity index is 2.26. The number of methoxy groups -OCH3 is 1. The van der Waals surface area contributed by atoms with Crippen LogP contribution < -0.4 is 10.5 Å². The zero-order valence-corrected chi connectivity index (χ0v) is 11.3. The number of nitrogens with two attached hydrogens (primary N) is 1. The van der Waals surface area contributed by atoms with Crippen molar-refractivity contribution in [3.63, 3.8) is 0 Å². The minimum Gasteiger partial charge on any atom is -0.496 e. The maximum absolute atomic E-state index is 5.66. The van der Waals surface area contributed by atoms with Crippen LogP contribution in [0.4, 0.5) is 0 Å². The quantitative estimate of drug-likeness (QED) is 0.872. The summed E-state index contributed by atoms with van der Waals surface area (Å²) in [6.45, 7) is 4.64. The van der Waals surface area contributed by atoms with E-state index in [2.05, 4.69) is 25.1 Å². The van der Waals surface area contributed by atoms with Gasteiger partial charge >= 0.3 is 0 Å². The summed E-state index contributed by atoms with van der Waals surface area (Å²) in [7, 11) is 1.73. The fourth-order valence-electron chi connectivity index (χ4n) is 2.59. The van der Waals surface area contributed by atoms with Gasteiger partial charge in [0.25, 0.3) is 0 Å². The van der Waals surface area contributed by atoms with E-state index in [1.54, 1.807) is 7.11 Å². The average molecular weight is 249 g/mol. The standard InChI is InChI=1S/C15H23NO2/c1-11(5-7-16)14-9-12(3-4-15(14)17-2)13-6-8-18-10-13/h3-4,9,11,13H,5-8,10,16H2,1-2H3. The Labute approximate surface area is 109 Å². The van der Waals surface area contributed by atoms with Crippen molar-refractivity contribution in [3.8, 4) is 5.75 Å². The summed E-state index contributed by atoms with van der Waals surface area (Å²) in [5.41, 5.74) is 8.30. The van der Waals surface area contributed by atoms with E-state index in [1.165, 1.54) is 11.1 Å². The average Bonchev–Trinajstić information content (AvgIpc) is 2.92. The molecule has 1 aromatic rings. The first kappa shape index (κ1) is 13.4. The molecule has 3 heteroatoms. The highest BCUT2D eigenvalue weighted by atomic mass is 16.5. The Bertz CT molecular complexity index is 386. The third-order valence-electron chi connectivity index (χ3n) is 3.79. The highest BCUT2D eigenvalue weighted by Gasteiger charge is 2.20. The second-order valence-corrected chi connectivity index (χ2v) is 5.04. The second-order valence-electron chi connectivity index (χ2n) is 5.04. The van der Waals surface area contributed by atoms with Crippen LogP contribution in [0.25, 0.3) is 0 Å². The molecule has 2 atom stereocenters. The zero-order chi connectivity index (χ0) is 13.0. The van der Waals surface area contributed by atoms with Crippen LogP contribution in [0.5, 0.6) is 5.75 Å².